The molecule has 1 aliphatic heterocycles. The fraction of sp³-hybridized carbons (Fsp3) is 0.600. The second-order valence-corrected chi connectivity index (χ2v) is 3.80. The maximum atomic E-state index is 12.1. The van der Waals surface area contributed by atoms with Crippen molar-refractivity contribution in [1.29, 1.82) is 0 Å². The van der Waals surface area contributed by atoms with Crippen molar-refractivity contribution in [1.82, 2.24) is 20.4 Å². The molecule has 1 fully saturated rings. The van der Waals surface area contributed by atoms with E-state index in [9.17, 15) is 4.79 Å². The molecule has 0 bridgehead atoms. The van der Waals surface area contributed by atoms with Crippen molar-refractivity contribution < 1.29 is 4.79 Å². The van der Waals surface area contributed by atoms with Gasteiger partial charge in [-0.25, -0.2) is 0 Å². The summed E-state index contributed by atoms with van der Waals surface area (Å²) in [6.07, 6.45) is 4.22. The molecule has 0 saturated carbocycles. The zero-order chi connectivity index (χ0) is 10.7. The van der Waals surface area contributed by atoms with Crippen molar-refractivity contribution in [3.05, 3.63) is 18.0 Å². The van der Waals surface area contributed by atoms with Gasteiger partial charge in [0.25, 0.3) is 5.91 Å². The summed E-state index contributed by atoms with van der Waals surface area (Å²) < 4.78 is 0. The van der Waals surface area contributed by atoms with Gasteiger partial charge in [-0.05, 0) is 6.42 Å². The van der Waals surface area contributed by atoms with Crippen molar-refractivity contribution in [2.45, 2.75) is 19.4 Å². The molecule has 0 radical (unpaired) electrons. The number of rotatable bonds is 4. The van der Waals surface area contributed by atoms with Gasteiger partial charge in [0.1, 0.15) is 0 Å². The largest absolute Gasteiger partial charge is 0.333 e. The molecule has 5 heteroatoms. The van der Waals surface area contributed by atoms with Crippen LogP contribution in [0.2, 0.25) is 0 Å². The Labute approximate surface area is 88.8 Å². The smallest absolute Gasteiger partial charge is 0.257 e. The van der Waals surface area contributed by atoms with Crippen LogP contribution in [0, 0.1) is 0 Å². The SMILES string of the molecule is CCCN(C(=O)c1cn[nH]c1)C1CNC1. The molecule has 82 valence electrons. The number of hydrogen-bond acceptors (Lipinski definition) is 3. The molecule has 5 nitrogen and oxygen atoms in total. The molecule has 1 aromatic heterocycles. The number of hydrogen-bond donors (Lipinski definition) is 2. The topological polar surface area (TPSA) is 61.0 Å². The first-order chi connectivity index (χ1) is 7.33. The van der Waals surface area contributed by atoms with Crippen LogP contribution >= 0.6 is 0 Å². The van der Waals surface area contributed by atoms with Crippen LogP contribution in [0.25, 0.3) is 0 Å². The lowest BCUT2D eigenvalue weighted by atomic mass is 10.1. The molecule has 1 aliphatic rings. The van der Waals surface area contributed by atoms with E-state index in [2.05, 4.69) is 22.4 Å². The Morgan fingerprint density at radius 1 is 1.67 bits per heavy atom. The molecule has 0 atom stereocenters. The van der Waals surface area contributed by atoms with E-state index in [0.717, 1.165) is 26.1 Å². The normalized spacial score (nSPS) is 16.1. The Morgan fingerprint density at radius 2 is 2.47 bits per heavy atom. The van der Waals surface area contributed by atoms with Crippen molar-refractivity contribution in [3.8, 4) is 0 Å². The molecule has 0 aromatic carbocycles. The number of amides is 1. The van der Waals surface area contributed by atoms with Crippen LogP contribution in [0.3, 0.4) is 0 Å². The van der Waals surface area contributed by atoms with Crippen molar-refractivity contribution in [2.75, 3.05) is 19.6 Å². The summed E-state index contributed by atoms with van der Waals surface area (Å²) in [6.45, 7) is 4.71. The molecule has 0 spiro atoms. The standard InChI is InChI=1S/C10H16N4O/c1-2-3-14(9-6-11-7-9)10(15)8-4-12-13-5-8/h4-5,9,11H,2-3,6-7H2,1H3,(H,12,13). The fourth-order valence-electron chi connectivity index (χ4n) is 1.72. The number of carbonyl (C=O) groups excluding carboxylic acids is 1. The van der Waals surface area contributed by atoms with Gasteiger partial charge < -0.3 is 10.2 Å². The summed E-state index contributed by atoms with van der Waals surface area (Å²) in [4.78, 5) is 14.0. The number of carbonyl (C=O) groups is 1. The van der Waals surface area contributed by atoms with Gasteiger partial charge in [-0.3, -0.25) is 9.89 Å². The van der Waals surface area contributed by atoms with E-state index in [4.69, 9.17) is 0 Å². The van der Waals surface area contributed by atoms with Crippen molar-refractivity contribution in [2.24, 2.45) is 0 Å². The third-order valence-electron chi connectivity index (χ3n) is 2.67. The number of H-pyrrole nitrogens is 1. The second kappa shape index (κ2) is 4.44. The van der Waals surface area contributed by atoms with Gasteiger partial charge in [0.05, 0.1) is 17.8 Å². The highest BCUT2D eigenvalue weighted by molar-refractivity contribution is 5.94. The zero-order valence-corrected chi connectivity index (χ0v) is 8.86. The van der Waals surface area contributed by atoms with E-state index in [1.807, 2.05) is 4.90 Å². The van der Waals surface area contributed by atoms with Crippen molar-refractivity contribution in [3.63, 3.8) is 0 Å². The highest BCUT2D eigenvalue weighted by atomic mass is 16.2. The van der Waals surface area contributed by atoms with Crippen LogP contribution in [0.15, 0.2) is 12.4 Å². The average molecular weight is 208 g/mol. The van der Waals surface area contributed by atoms with E-state index < -0.39 is 0 Å². The van der Waals surface area contributed by atoms with Gasteiger partial charge in [-0.15, -0.1) is 0 Å². The zero-order valence-electron chi connectivity index (χ0n) is 8.86. The molecule has 0 unspecified atom stereocenters. The molecule has 2 rings (SSSR count). The molecule has 1 amide bonds. The minimum absolute atomic E-state index is 0.0806. The van der Waals surface area contributed by atoms with Gasteiger partial charge in [0, 0.05) is 25.8 Å². The first-order valence-corrected chi connectivity index (χ1v) is 5.33. The Balaban J connectivity index is 2.06. The first kappa shape index (κ1) is 10.2. The number of aromatic nitrogens is 2. The lowest BCUT2D eigenvalue weighted by molar-refractivity contribution is 0.0616. The molecular weight excluding hydrogens is 192 g/mol. The second-order valence-electron chi connectivity index (χ2n) is 3.80. The number of nitrogens with one attached hydrogen (secondary N) is 2. The summed E-state index contributed by atoms with van der Waals surface area (Å²) in [6, 6.07) is 0.354. The summed E-state index contributed by atoms with van der Waals surface area (Å²) in [7, 11) is 0. The van der Waals surface area contributed by atoms with Gasteiger partial charge in [0.2, 0.25) is 0 Å². The number of nitrogens with zero attached hydrogens (tertiary/aromatic N) is 2. The van der Waals surface area contributed by atoms with Crippen molar-refractivity contribution >= 4 is 5.91 Å². The summed E-state index contributed by atoms with van der Waals surface area (Å²) in [5.41, 5.74) is 0.648. The third-order valence-corrected chi connectivity index (χ3v) is 2.67. The first-order valence-electron chi connectivity index (χ1n) is 5.33. The van der Waals surface area contributed by atoms with E-state index in [1.165, 1.54) is 0 Å². The van der Waals surface area contributed by atoms with Crippen LogP contribution in [0.1, 0.15) is 23.7 Å². The molecule has 15 heavy (non-hydrogen) atoms. The quantitative estimate of drug-likeness (QED) is 0.744. The summed E-state index contributed by atoms with van der Waals surface area (Å²) in [5.74, 6) is 0.0806. The molecule has 0 aliphatic carbocycles. The van der Waals surface area contributed by atoms with E-state index in [0.29, 0.717) is 11.6 Å². The number of aromatic amines is 1. The predicted molar refractivity (Wildman–Crippen MR) is 56.6 cm³/mol. The maximum Gasteiger partial charge on any atom is 0.257 e. The summed E-state index contributed by atoms with van der Waals surface area (Å²) >= 11 is 0. The van der Waals surface area contributed by atoms with Crippen LogP contribution in [-0.4, -0.2) is 46.7 Å². The highest BCUT2D eigenvalue weighted by Crippen LogP contribution is 2.11. The van der Waals surface area contributed by atoms with E-state index in [1.54, 1.807) is 12.4 Å². The lowest BCUT2D eigenvalue weighted by Gasteiger charge is -2.38. The molecule has 2 N–H and O–H groups in total. The minimum atomic E-state index is 0.0806. The van der Waals surface area contributed by atoms with Gasteiger partial charge in [0.15, 0.2) is 0 Å². The van der Waals surface area contributed by atoms with E-state index >= 15 is 0 Å². The molecule has 1 aromatic rings. The van der Waals surface area contributed by atoms with E-state index in [-0.39, 0.29) is 5.91 Å². The summed E-state index contributed by atoms with van der Waals surface area (Å²) in [5, 5.41) is 9.65. The van der Waals surface area contributed by atoms with Crippen LogP contribution in [0.4, 0.5) is 0 Å². The van der Waals surface area contributed by atoms with Gasteiger partial charge in [-0.2, -0.15) is 5.10 Å². The predicted octanol–water partition coefficient (Wildman–Crippen LogP) is 0.234. The fourth-order valence-corrected chi connectivity index (χ4v) is 1.72. The van der Waals surface area contributed by atoms with Gasteiger partial charge >= 0.3 is 0 Å². The van der Waals surface area contributed by atoms with Gasteiger partial charge in [-0.1, -0.05) is 6.92 Å². The van der Waals surface area contributed by atoms with Crippen LogP contribution in [0.5, 0.6) is 0 Å². The minimum Gasteiger partial charge on any atom is -0.333 e. The Bertz CT molecular complexity index is 318. The molecule has 1 saturated heterocycles. The molecular formula is C10H16N4O. The van der Waals surface area contributed by atoms with Crippen LogP contribution < -0.4 is 5.32 Å². The molecule has 2 heterocycles. The average Bonchev–Trinajstić information content (AvgIpc) is 2.66. The lowest BCUT2D eigenvalue weighted by Crippen LogP contribution is -2.59. The van der Waals surface area contributed by atoms with Crippen LogP contribution in [-0.2, 0) is 0 Å². The highest BCUT2D eigenvalue weighted by Gasteiger charge is 2.28. The third kappa shape index (κ3) is 2.02. The Morgan fingerprint density at radius 3 is 2.93 bits per heavy atom. The Kier molecular flexibility index (Phi) is 3.01. The maximum absolute atomic E-state index is 12.1. The monoisotopic (exact) mass is 208 g/mol. The Hall–Kier alpha value is -1.36.